The van der Waals surface area contributed by atoms with Crippen LogP contribution in [0.1, 0.15) is 72.1 Å². The van der Waals surface area contributed by atoms with Crippen LogP contribution in [0.2, 0.25) is 0 Å². The summed E-state index contributed by atoms with van der Waals surface area (Å²) in [5.74, 6) is 1.60. The Kier molecular flexibility index (Phi) is 2.47. The summed E-state index contributed by atoms with van der Waals surface area (Å²) in [5, 5.41) is 11.3. The van der Waals surface area contributed by atoms with E-state index in [-0.39, 0.29) is 11.0 Å². The molecule has 4 atom stereocenters. The predicted octanol–water partition coefficient (Wildman–Crippen LogP) is 4.14. The normalized spacial score (nSPS) is 52.9. The lowest BCUT2D eigenvalue weighted by molar-refractivity contribution is -0.174. The molecule has 1 heteroatoms. The molecule has 0 aromatic rings. The molecule has 2 bridgehead atoms. The van der Waals surface area contributed by atoms with Crippen molar-refractivity contribution < 1.29 is 5.11 Å². The third-order valence-corrected chi connectivity index (χ3v) is 7.30. The average molecular weight is 236 g/mol. The molecule has 1 N–H and O–H groups in total. The largest absolute Gasteiger partial charge is 0.389 e. The van der Waals surface area contributed by atoms with Crippen LogP contribution < -0.4 is 0 Å². The number of rotatable bonds is 1. The van der Waals surface area contributed by atoms with Crippen molar-refractivity contribution in [2.45, 2.75) is 77.7 Å². The standard InChI is InChI=1S/C16H28O/c1-12-13-7-10-14(2,11-13)15(12,3)16(17)8-5-4-6-9-16/h12-13,17H,4-11H2,1-3H3. The van der Waals surface area contributed by atoms with Crippen LogP contribution in [0.4, 0.5) is 0 Å². The van der Waals surface area contributed by atoms with Gasteiger partial charge in [0, 0.05) is 5.41 Å². The minimum atomic E-state index is -0.366. The summed E-state index contributed by atoms with van der Waals surface area (Å²) >= 11 is 0. The van der Waals surface area contributed by atoms with Crippen LogP contribution in [0.15, 0.2) is 0 Å². The first-order valence-electron chi connectivity index (χ1n) is 7.65. The summed E-state index contributed by atoms with van der Waals surface area (Å²) in [5.41, 5.74) is 0.209. The Labute approximate surface area is 106 Å². The SMILES string of the molecule is CC1C2CCC(C)(C2)C1(C)C1(O)CCCCC1. The van der Waals surface area contributed by atoms with Crippen LogP contribution in [0, 0.1) is 22.7 Å². The highest BCUT2D eigenvalue weighted by Crippen LogP contribution is 2.71. The fourth-order valence-corrected chi connectivity index (χ4v) is 5.85. The lowest BCUT2D eigenvalue weighted by Crippen LogP contribution is -2.57. The summed E-state index contributed by atoms with van der Waals surface area (Å²) in [6.07, 6.45) is 10.0. The third kappa shape index (κ3) is 1.30. The van der Waals surface area contributed by atoms with E-state index in [2.05, 4.69) is 20.8 Å². The second kappa shape index (κ2) is 3.50. The molecule has 0 amide bonds. The van der Waals surface area contributed by atoms with Crippen molar-refractivity contribution in [3.8, 4) is 0 Å². The lowest BCUT2D eigenvalue weighted by atomic mass is 9.50. The molecule has 3 saturated carbocycles. The zero-order valence-electron chi connectivity index (χ0n) is 11.8. The van der Waals surface area contributed by atoms with Crippen LogP contribution in [-0.2, 0) is 0 Å². The van der Waals surface area contributed by atoms with Gasteiger partial charge in [-0.3, -0.25) is 0 Å². The molecule has 0 saturated heterocycles. The van der Waals surface area contributed by atoms with Crippen molar-refractivity contribution in [1.29, 1.82) is 0 Å². The molecule has 0 aromatic heterocycles. The molecular weight excluding hydrogens is 208 g/mol. The molecule has 3 fully saturated rings. The number of fused-ring (bicyclic) bond motifs is 2. The van der Waals surface area contributed by atoms with Crippen molar-refractivity contribution in [2.24, 2.45) is 22.7 Å². The fourth-order valence-electron chi connectivity index (χ4n) is 5.85. The van der Waals surface area contributed by atoms with Crippen LogP contribution in [-0.4, -0.2) is 10.7 Å². The predicted molar refractivity (Wildman–Crippen MR) is 70.8 cm³/mol. The van der Waals surface area contributed by atoms with E-state index in [1.165, 1.54) is 38.5 Å². The highest BCUT2D eigenvalue weighted by molar-refractivity contribution is 5.17. The molecule has 1 nitrogen and oxygen atoms in total. The fraction of sp³-hybridized carbons (Fsp3) is 1.00. The van der Waals surface area contributed by atoms with Gasteiger partial charge in [-0.05, 0) is 49.4 Å². The molecule has 0 heterocycles. The topological polar surface area (TPSA) is 20.2 Å². The summed E-state index contributed by atoms with van der Waals surface area (Å²) in [4.78, 5) is 0. The van der Waals surface area contributed by atoms with E-state index in [0.29, 0.717) is 11.3 Å². The molecule has 0 radical (unpaired) electrons. The molecule has 98 valence electrons. The number of aliphatic hydroxyl groups is 1. The maximum Gasteiger partial charge on any atom is 0.0708 e. The summed E-state index contributed by atoms with van der Waals surface area (Å²) in [6.45, 7) is 7.30. The maximum atomic E-state index is 11.3. The smallest absolute Gasteiger partial charge is 0.0708 e. The van der Waals surface area contributed by atoms with E-state index >= 15 is 0 Å². The lowest BCUT2D eigenvalue weighted by Gasteiger charge is -2.57. The number of hydrogen-bond acceptors (Lipinski definition) is 1. The van der Waals surface area contributed by atoms with Crippen LogP contribution in [0.25, 0.3) is 0 Å². The van der Waals surface area contributed by atoms with Crippen molar-refractivity contribution >= 4 is 0 Å². The van der Waals surface area contributed by atoms with Crippen molar-refractivity contribution in [1.82, 2.24) is 0 Å². The van der Waals surface area contributed by atoms with E-state index < -0.39 is 0 Å². The molecule has 3 rings (SSSR count). The molecule has 0 aliphatic heterocycles. The van der Waals surface area contributed by atoms with Gasteiger partial charge < -0.3 is 5.11 Å². The Bertz CT molecular complexity index is 317. The molecule has 4 unspecified atom stereocenters. The summed E-state index contributed by atoms with van der Waals surface area (Å²) in [7, 11) is 0. The summed E-state index contributed by atoms with van der Waals surface area (Å²) in [6, 6.07) is 0. The maximum absolute atomic E-state index is 11.3. The monoisotopic (exact) mass is 236 g/mol. The Morgan fingerprint density at radius 1 is 1.00 bits per heavy atom. The highest BCUT2D eigenvalue weighted by atomic mass is 16.3. The van der Waals surface area contributed by atoms with Crippen LogP contribution in [0.5, 0.6) is 0 Å². The molecule has 17 heavy (non-hydrogen) atoms. The van der Waals surface area contributed by atoms with Gasteiger partial charge in [-0.2, -0.15) is 0 Å². The molecule has 3 aliphatic carbocycles. The second-order valence-corrected chi connectivity index (χ2v) is 7.65. The Balaban J connectivity index is 1.99. The van der Waals surface area contributed by atoms with Gasteiger partial charge in [0.25, 0.3) is 0 Å². The van der Waals surface area contributed by atoms with E-state index in [1.54, 1.807) is 0 Å². The molecular formula is C16H28O. The van der Waals surface area contributed by atoms with Crippen molar-refractivity contribution in [2.75, 3.05) is 0 Å². The van der Waals surface area contributed by atoms with E-state index in [1.807, 2.05) is 0 Å². The van der Waals surface area contributed by atoms with Gasteiger partial charge >= 0.3 is 0 Å². The van der Waals surface area contributed by atoms with Gasteiger partial charge in [-0.25, -0.2) is 0 Å². The Hall–Kier alpha value is -0.0400. The van der Waals surface area contributed by atoms with Gasteiger partial charge in [-0.15, -0.1) is 0 Å². The van der Waals surface area contributed by atoms with Crippen molar-refractivity contribution in [3.63, 3.8) is 0 Å². The quantitative estimate of drug-likeness (QED) is 0.725. The Morgan fingerprint density at radius 2 is 1.65 bits per heavy atom. The first-order valence-corrected chi connectivity index (χ1v) is 7.65. The van der Waals surface area contributed by atoms with Gasteiger partial charge in [0.05, 0.1) is 5.60 Å². The van der Waals surface area contributed by atoms with Gasteiger partial charge in [0.1, 0.15) is 0 Å². The van der Waals surface area contributed by atoms with Crippen molar-refractivity contribution in [3.05, 3.63) is 0 Å². The third-order valence-electron chi connectivity index (χ3n) is 7.30. The minimum absolute atomic E-state index is 0.170. The summed E-state index contributed by atoms with van der Waals surface area (Å²) < 4.78 is 0. The van der Waals surface area contributed by atoms with E-state index in [4.69, 9.17) is 0 Å². The number of hydrogen-bond donors (Lipinski definition) is 1. The molecule has 0 aromatic carbocycles. The highest BCUT2D eigenvalue weighted by Gasteiger charge is 2.67. The first kappa shape index (κ1) is 12.0. The van der Waals surface area contributed by atoms with E-state index in [0.717, 1.165) is 18.8 Å². The van der Waals surface area contributed by atoms with Gasteiger partial charge in [0.2, 0.25) is 0 Å². The molecule has 0 spiro atoms. The minimum Gasteiger partial charge on any atom is -0.389 e. The average Bonchev–Trinajstić information content (AvgIpc) is 2.78. The van der Waals surface area contributed by atoms with Gasteiger partial charge in [0.15, 0.2) is 0 Å². The first-order chi connectivity index (χ1) is 7.93. The van der Waals surface area contributed by atoms with Gasteiger partial charge in [-0.1, -0.05) is 40.0 Å². The van der Waals surface area contributed by atoms with Crippen LogP contribution >= 0.6 is 0 Å². The molecule has 3 aliphatic rings. The zero-order valence-corrected chi connectivity index (χ0v) is 11.8. The van der Waals surface area contributed by atoms with Crippen LogP contribution in [0.3, 0.4) is 0 Å². The zero-order chi connectivity index (χ0) is 12.3. The Morgan fingerprint density at radius 3 is 2.18 bits per heavy atom. The second-order valence-electron chi connectivity index (χ2n) is 7.65. The van der Waals surface area contributed by atoms with E-state index in [9.17, 15) is 5.11 Å².